The Morgan fingerprint density at radius 2 is 2.64 bits per heavy atom. The highest BCUT2D eigenvalue weighted by molar-refractivity contribution is 5.87. The Bertz CT molecular complexity index is 256. The molecule has 0 spiro atoms. The third-order valence-corrected chi connectivity index (χ3v) is 1.25. The number of esters is 1. The van der Waals surface area contributed by atoms with Gasteiger partial charge in [0.2, 0.25) is 0 Å². The van der Waals surface area contributed by atoms with Crippen LogP contribution in [0.1, 0.15) is 10.5 Å². The van der Waals surface area contributed by atoms with Crippen LogP contribution in [0.15, 0.2) is 12.3 Å². The van der Waals surface area contributed by atoms with Gasteiger partial charge in [-0.25, -0.2) is 9.48 Å². The van der Waals surface area contributed by atoms with E-state index in [1.165, 1.54) is 19.4 Å². The molecule has 0 amide bonds. The predicted molar refractivity (Wildman–Crippen MR) is 35.8 cm³/mol. The molecule has 0 fully saturated rings. The van der Waals surface area contributed by atoms with Crippen molar-refractivity contribution < 1.29 is 14.6 Å². The summed E-state index contributed by atoms with van der Waals surface area (Å²) >= 11 is 0. The maximum atomic E-state index is 10.9. The molecule has 0 aliphatic carbocycles. The first-order valence-electron chi connectivity index (χ1n) is 3.00. The Morgan fingerprint density at radius 3 is 3.18 bits per heavy atom. The van der Waals surface area contributed by atoms with Gasteiger partial charge in [0.05, 0.1) is 7.11 Å². The molecule has 0 bridgehead atoms. The van der Waals surface area contributed by atoms with Gasteiger partial charge in [0.15, 0.2) is 0 Å². The van der Waals surface area contributed by atoms with Crippen molar-refractivity contribution in [3.05, 3.63) is 18.0 Å². The highest BCUT2D eigenvalue weighted by Crippen LogP contribution is 1.99. The number of carbonyl (C=O) groups excluding carboxylic acids is 1. The van der Waals surface area contributed by atoms with Crippen LogP contribution in [-0.2, 0) is 11.5 Å². The molecule has 0 aliphatic heterocycles. The number of rotatable bonds is 2. The molecule has 5 heteroatoms. The SMILES string of the molecule is COC(=O)c1ccnn1CO. The molecule has 0 unspecified atom stereocenters. The van der Waals surface area contributed by atoms with Crippen molar-refractivity contribution in [2.24, 2.45) is 0 Å². The molecule has 1 N–H and O–H groups in total. The number of carbonyl (C=O) groups is 1. The zero-order valence-electron chi connectivity index (χ0n) is 6.02. The van der Waals surface area contributed by atoms with E-state index in [1.54, 1.807) is 0 Å². The summed E-state index contributed by atoms with van der Waals surface area (Å²) in [5.41, 5.74) is 0.245. The van der Waals surface area contributed by atoms with Gasteiger partial charge in [0.25, 0.3) is 0 Å². The lowest BCUT2D eigenvalue weighted by Crippen LogP contribution is -2.11. The third kappa shape index (κ3) is 1.38. The van der Waals surface area contributed by atoms with E-state index in [0.717, 1.165) is 4.68 Å². The van der Waals surface area contributed by atoms with E-state index in [1.807, 2.05) is 0 Å². The van der Waals surface area contributed by atoms with Crippen LogP contribution < -0.4 is 0 Å². The first-order valence-corrected chi connectivity index (χ1v) is 3.00. The highest BCUT2D eigenvalue weighted by atomic mass is 16.5. The van der Waals surface area contributed by atoms with Crippen molar-refractivity contribution in [3.8, 4) is 0 Å². The Balaban J connectivity index is 2.92. The van der Waals surface area contributed by atoms with Crippen LogP contribution in [-0.4, -0.2) is 28.0 Å². The van der Waals surface area contributed by atoms with E-state index in [2.05, 4.69) is 9.84 Å². The smallest absolute Gasteiger partial charge is 0.356 e. The first kappa shape index (κ1) is 7.74. The fourth-order valence-electron chi connectivity index (χ4n) is 0.723. The summed E-state index contributed by atoms with van der Waals surface area (Å²) in [4.78, 5) is 10.9. The lowest BCUT2D eigenvalue weighted by atomic mass is 10.4. The Morgan fingerprint density at radius 1 is 1.91 bits per heavy atom. The molecule has 11 heavy (non-hydrogen) atoms. The first-order chi connectivity index (χ1) is 5.29. The molecule has 1 heterocycles. The summed E-state index contributed by atoms with van der Waals surface area (Å²) in [6.45, 7) is -0.322. The van der Waals surface area contributed by atoms with E-state index in [-0.39, 0.29) is 12.4 Å². The van der Waals surface area contributed by atoms with Crippen molar-refractivity contribution in [1.82, 2.24) is 9.78 Å². The van der Waals surface area contributed by atoms with E-state index >= 15 is 0 Å². The largest absolute Gasteiger partial charge is 0.464 e. The van der Waals surface area contributed by atoms with Gasteiger partial charge >= 0.3 is 5.97 Å². The van der Waals surface area contributed by atoms with Crippen LogP contribution in [0, 0.1) is 0 Å². The zero-order chi connectivity index (χ0) is 8.27. The maximum Gasteiger partial charge on any atom is 0.356 e. The van der Waals surface area contributed by atoms with Crippen molar-refractivity contribution in [3.63, 3.8) is 0 Å². The summed E-state index contributed by atoms with van der Waals surface area (Å²) in [5.74, 6) is -0.503. The van der Waals surface area contributed by atoms with Gasteiger partial charge in [0.1, 0.15) is 12.4 Å². The number of ether oxygens (including phenoxy) is 1. The van der Waals surface area contributed by atoms with Crippen molar-refractivity contribution in [2.75, 3.05) is 7.11 Å². The number of hydrogen-bond acceptors (Lipinski definition) is 4. The Hall–Kier alpha value is -1.36. The Labute approximate surface area is 63.2 Å². The summed E-state index contributed by atoms with van der Waals surface area (Å²) in [7, 11) is 1.27. The number of aliphatic hydroxyl groups excluding tert-OH is 1. The maximum absolute atomic E-state index is 10.9. The topological polar surface area (TPSA) is 64.3 Å². The fraction of sp³-hybridized carbons (Fsp3) is 0.333. The van der Waals surface area contributed by atoms with Crippen LogP contribution >= 0.6 is 0 Å². The average Bonchev–Trinajstić information content (AvgIpc) is 2.50. The van der Waals surface area contributed by atoms with Crippen LogP contribution in [0.5, 0.6) is 0 Å². The summed E-state index contributed by atoms with van der Waals surface area (Å²) in [6.07, 6.45) is 1.42. The molecule has 1 aromatic heterocycles. The standard InChI is InChI=1S/C6H8N2O3/c1-11-6(10)5-2-3-7-8(5)4-9/h2-3,9H,4H2,1H3. The zero-order valence-corrected chi connectivity index (χ0v) is 6.02. The monoisotopic (exact) mass is 156 g/mol. The van der Waals surface area contributed by atoms with Crippen molar-refractivity contribution in [1.29, 1.82) is 0 Å². The summed E-state index contributed by atoms with van der Waals surface area (Å²) in [5, 5.41) is 12.3. The number of aromatic nitrogens is 2. The summed E-state index contributed by atoms with van der Waals surface area (Å²) in [6, 6.07) is 1.47. The van der Waals surface area contributed by atoms with Gasteiger partial charge in [-0.15, -0.1) is 0 Å². The fourth-order valence-corrected chi connectivity index (χ4v) is 0.723. The van der Waals surface area contributed by atoms with Crippen LogP contribution in [0.3, 0.4) is 0 Å². The predicted octanol–water partition coefficient (Wildman–Crippen LogP) is -0.381. The normalized spacial score (nSPS) is 9.64. The minimum Gasteiger partial charge on any atom is -0.464 e. The van der Waals surface area contributed by atoms with Gasteiger partial charge in [-0.05, 0) is 6.07 Å². The molecule has 60 valence electrons. The molecule has 5 nitrogen and oxygen atoms in total. The minimum atomic E-state index is -0.503. The molecule has 0 aliphatic rings. The van der Waals surface area contributed by atoms with Gasteiger partial charge in [-0.3, -0.25) is 0 Å². The molecule has 1 aromatic rings. The van der Waals surface area contributed by atoms with Gasteiger partial charge in [-0.2, -0.15) is 5.10 Å². The van der Waals surface area contributed by atoms with Crippen LogP contribution in [0.25, 0.3) is 0 Å². The lowest BCUT2D eigenvalue weighted by molar-refractivity contribution is 0.0573. The van der Waals surface area contributed by atoms with E-state index < -0.39 is 5.97 Å². The van der Waals surface area contributed by atoms with Gasteiger partial charge in [-0.1, -0.05) is 0 Å². The molecule has 0 saturated heterocycles. The number of methoxy groups -OCH3 is 1. The highest BCUT2D eigenvalue weighted by Gasteiger charge is 2.10. The summed E-state index contributed by atoms with van der Waals surface area (Å²) < 4.78 is 5.57. The lowest BCUT2D eigenvalue weighted by Gasteiger charge is -1.99. The molecular weight excluding hydrogens is 148 g/mol. The second-order valence-electron chi connectivity index (χ2n) is 1.85. The van der Waals surface area contributed by atoms with Crippen molar-refractivity contribution in [2.45, 2.75) is 6.73 Å². The van der Waals surface area contributed by atoms with E-state index in [4.69, 9.17) is 5.11 Å². The molecule has 0 aromatic carbocycles. The van der Waals surface area contributed by atoms with E-state index in [9.17, 15) is 4.79 Å². The molecule has 1 rings (SSSR count). The molecule has 0 radical (unpaired) electrons. The number of aliphatic hydroxyl groups is 1. The van der Waals surface area contributed by atoms with Gasteiger partial charge in [0, 0.05) is 6.20 Å². The average molecular weight is 156 g/mol. The second kappa shape index (κ2) is 3.16. The second-order valence-corrected chi connectivity index (χ2v) is 1.85. The third-order valence-electron chi connectivity index (χ3n) is 1.25. The van der Waals surface area contributed by atoms with Crippen LogP contribution in [0.4, 0.5) is 0 Å². The number of nitrogens with zero attached hydrogens (tertiary/aromatic N) is 2. The number of hydrogen-bond donors (Lipinski definition) is 1. The van der Waals surface area contributed by atoms with E-state index in [0.29, 0.717) is 0 Å². The van der Waals surface area contributed by atoms with Crippen LogP contribution in [0.2, 0.25) is 0 Å². The van der Waals surface area contributed by atoms with Gasteiger partial charge < -0.3 is 9.84 Å². The quantitative estimate of drug-likeness (QED) is 0.593. The van der Waals surface area contributed by atoms with Crippen molar-refractivity contribution >= 4 is 5.97 Å². The molecule has 0 saturated carbocycles. The molecule has 0 atom stereocenters. The molecular formula is C6H8N2O3. The minimum absolute atomic E-state index is 0.245. The Kier molecular flexibility index (Phi) is 2.22.